The monoisotopic (exact) mass is 491 g/mol. The van der Waals surface area contributed by atoms with E-state index in [9.17, 15) is 13.2 Å². The molecule has 1 amide bonds. The van der Waals surface area contributed by atoms with Crippen LogP contribution in [0.4, 0.5) is 5.69 Å². The first kappa shape index (κ1) is 21.0. The molecule has 0 aliphatic rings. The van der Waals surface area contributed by atoms with Crippen LogP contribution in [0.15, 0.2) is 87.3 Å². The summed E-state index contributed by atoms with van der Waals surface area (Å²) in [6.07, 6.45) is 1.49. The lowest BCUT2D eigenvalue weighted by Gasteiger charge is -2.09. The molecule has 0 aliphatic carbocycles. The first-order valence-corrected chi connectivity index (χ1v) is 11.0. The van der Waals surface area contributed by atoms with Crippen molar-refractivity contribution in [2.24, 2.45) is 5.10 Å². The Labute approximate surface area is 181 Å². The van der Waals surface area contributed by atoms with Crippen molar-refractivity contribution in [3.05, 3.63) is 93.4 Å². The molecule has 3 aromatic rings. The van der Waals surface area contributed by atoms with Crippen molar-refractivity contribution >= 4 is 55.4 Å². The number of carbonyl (C=O) groups excluding carboxylic acids is 1. The Morgan fingerprint density at radius 1 is 1.00 bits per heavy atom. The molecule has 0 heterocycles. The van der Waals surface area contributed by atoms with Gasteiger partial charge in [-0.25, -0.2) is 13.8 Å². The number of sulfonamides is 1. The summed E-state index contributed by atoms with van der Waals surface area (Å²) >= 11 is 9.20. The lowest BCUT2D eigenvalue weighted by atomic mass is 10.2. The van der Waals surface area contributed by atoms with E-state index in [4.69, 9.17) is 11.6 Å². The molecule has 2 N–H and O–H groups in total. The first-order valence-electron chi connectivity index (χ1n) is 8.31. The van der Waals surface area contributed by atoms with Crippen LogP contribution in [0.1, 0.15) is 15.9 Å². The minimum Gasteiger partial charge on any atom is -0.280 e. The third-order valence-corrected chi connectivity index (χ3v) is 6.13. The average Bonchev–Trinajstić information content (AvgIpc) is 2.71. The summed E-state index contributed by atoms with van der Waals surface area (Å²) in [4.78, 5) is 12.3. The van der Waals surface area contributed by atoms with Crippen LogP contribution in [0, 0.1) is 0 Å². The molecule has 0 aromatic heterocycles. The number of benzene rings is 3. The summed E-state index contributed by atoms with van der Waals surface area (Å²) in [6, 6.07) is 19.3. The largest absolute Gasteiger partial charge is 0.280 e. The highest BCUT2D eigenvalue weighted by atomic mass is 79.9. The van der Waals surface area contributed by atoms with E-state index in [1.807, 2.05) is 24.3 Å². The zero-order valence-electron chi connectivity index (χ0n) is 14.8. The molecule has 3 aromatic carbocycles. The van der Waals surface area contributed by atoms with Gasteiger partial charge in [-0.3, -0.25) is 9.52 Å². The quantitative estimate of drug-likeness (QED) is 0.387. The molecule has 0 unspecified atom stereocenters. The number of rotatable bonds is 6. The third-order valence-electron chi connectivity index (χ3n) is 3.78. The molecular weight excluding hydrogens is 478 g/mol. The molecule has 0 atom stereocenters. The van der Waals surface area contributed by atoms with E-state index in [-0.39, 0.29) is 10.5 Å². The van der Waals surface area contributed by atoms with E-state index < -0.39 is 15.9 Å². The molecule has 6 nitrogen and oxygen atoms in total. The number of anilines is 1. The molecule has 0 fully saturated rings. The van der Waals surface area contributed by atoms with Crippen LogP contribution in [-0.4, -0.2) is 20.5 Å². The summed E-state index contributed by atoms with van der Waals surface area (Å²) < 4.78 is 28.5. The van der Waals surface area contributed by atoms with Crippen molar-refractivity contribution in [1.29, 1.82) is 0 Å². The van der Waals surface area contributed by atoms with E-state index in [1.54, 1.807) is 24.3 Å². The Morgan fingerprint density at radius 2 is 1.72 bits per heavy atom. The SMILES string of the molecule is O=C(N/N=C/c1ccccc1Br)c1cccc(S(=O)(=O)Nc2ccc(Cl)cc2)c1. The second-order valence-corrected chi connectivity index (χ2v) is 8.83. The van der Waals surface area contributed by atoms with Gasteiger partial charge in [0.25, 0.3) is 15.9 Å². The Kier molecular flexibility index (Phi) is 6.68. The predicted octanol–water partition coefficient (Wildman–Crippen LogP) is 4.67. The van der Waals surface area contributed by atoms with Crippen LogP contribution in [0.3, 0.4) is 0 Å². The van der Waals surface area contributed by atoms with Gasteiger partial charge in [0.15, 0.2) is 0 Å². The van der Waals surface area contributed by atoms with Gasteiger partial charge in [-0.05, 0) is 48.5 Å². The van der Waals surface area contributed by atoms with Crippen molar-refractivity contribution in [2.45, 2.75) is 4.90 Å². The molecule has 3 rings (SSSR count). The Morgan fingerprint density at radius 3 is 2.45 bits per heavy atom. The molecule has 0 spiro atoms. The third kappa shape index (κ3) is 5.66. The number of nitrogens with one attached hydrogen (secondary N) is 2. The fourth-order valence-electron chi connectivity index (χ4n) is 2.34. The second-order valence-electron chi connectivity index (χ2n) is 5.86. The highest BCUT2D eigenvalue weighted by Crippen LogP contribution is 2.19. The summed E-state index contributed by atoms with van der Waals surface area (Å²) in [7, 11) is -3.87. The van der Waals surface area contributed by atoms with Gasteiger partial charge in [0.1, 0.15) is 0 Å². The maximum Gasteiger partial charge on any atom is 0.271 e. The first-order chi connectivity index (χ1) is 13.8. The van der Waals surface area contributed by atoms with Gasteiger partial charge in [0.05, 0.1) is 11.1 Å². The number of hydrazone groups is 1. The zero-order chi connectivity index (χ0) is 20.9. The maximum atomic E-state index is 12.6. The fraction of sp³-hybridized carbons (Fsp3) is 0. The summed E-state index contributed by atoms with van der Waals surface area (Å²) in [5, 5.41) is 4.41. The number of hydrogen-bond acceptors (Lipinski definition) is 4. The van der Waals surface area contributed by atoms with Gasteiger partial charge in [0, 0.05) is 26.3 Å². The van der Waals surface area contributed by atoms with Crippen LogP contribution >= 0.6 is 27.5 Å². The molecule has 29 heavy (non-hydrogen) atoms. The Bertz CT molecular complexity index is 1170. The molecule has 148 valence electrons. The van der Waals surface area contributed by atoms with Crippen molar-refractivity contribution in [3.8, 4) is 0 Å². The lowest BCUT2D eigenvalue weighted by molar-refractivity contribution is 0.0955. The summed E-state index contributed by atoms with van der Waals surface area (Å²) in [6.45, 7) is 0. The number of amides is 1. The van der Waals surface area contributed by atoms with E-state index in [0.29, 0.717) is 10.7 Å². The lowest BCUT2D eigenvalue weighted by Crippen LogP contribution is -2.19. The highest BCUT2D eigenvalue weighted by Gasteiger charge is 2.16. The zero-order valence-corrected chi connectivity index (χ0v) is 18.0. The number of hydrogen-bond donors (Lipinski definition) is 2. The molecule has 0 radical (unpaired) electrons. The van der Waals surface area contributed by atoms with Crippen LogP contribution in [-0.2, 0) is 10.0 Å². The van der Waals surface area contributed by atoms with Gasteiger partial charge < -0.3 is 0 Å². The number of halogens is 2. The van der Waals surface area contributed by atoms with Crippen LogP contribution in [0.2, 0.25) is 5.02 Å². The van der Waals surface area contributed by atoms with Gasteiger partial charge in [-0.2, -0.15) is 5.10 Å². The van der Waals surface area contributed by atoms with E-state index in [1.165, 1.54) is 30.5 Å². The molecular formula is C20H15BrClN3O3S. The minimum absolute atomic E-state index is 0.0464. The van der Waals surface area contributed by atoms with Gasteiger partial charge >= 0.3 is 0 Å². The van der Waals surface area contributed by atoms with Crippen molar-refractivity contribution in [1.82, 2.24) is 5.43 Å². The van der Waals surface area contributed by atoms with Crippen LogP contribution < -0.4 is 10.1 Å². The highest BCUT2D eigenvalue weighted by molar-refractivity contribution is 9.10. The number of nitrogens with zero attached hydrogens (tertiary/aromatic N) is 1. The topological polar surface area (TPSA) is 87.6 Å². The van der Waals surface area contributed by atoms with Crippen molar-refractivity contribution in [3.63, 3.8) is 0 Å². The van der Waals surface area contributed by atoms with Gasteiger partial charge in [-0.15, -0.1) is 0 Å². The smallest absolute Gasteiger partial charge is 0.271 e. The standard InChI is InChI=1S/C20H15BrClN3O3S/c21-19-7-2-1-4-15(19)13-23-24-20(26)14-5-3-6-18(12-14)29(27,28)25-17-10-8-16(22)9-11-17/h1-13,25H,(H,24,26)/b23-13+. The van der Waals surface area contributed by atoms with E-state index in [2.05, 4.69) is 31.2 Å². The minimum atomic E-state index is -3.87. The average molecular weight is 493 g/mol. The van der Waals surface area contributed by atoms with E-state index in [0.717, 1.165) is 10.0 Å². The molecule has 9 heteroatoms. The molecule has 0 bridgehead atoms. The molecule has 0 aliphatic heterocycles. The van der Waals surface area contributed by atoms with Crippen LogP contribution in [0.25, 0.3) is 0 Å². The van der Waals surface area contributed by atoms with Crippen molar-refractivity contribution in [2.75, 3.05) is 4.72 Å². The second kappa shape index (κ2) is 9.21. The number of carbonyl (C=O) groups is 1. The maximum absolute atomic E-state index is 12.6. The van der Waals surface area contributed by atoms with Gasteiger partial charge in [-0.1, -0.05) is 51.8 Å². The van der Waals surface area contributed by atoms with Crippen LogP contribution in [0.5, 0.6) is 0 Å². The Hall–Kier alpha value is -2.68. The fourth-order valence-corrected chi connectivity index (χ4v) is 3.96. The summed E-state index contributed by atoms with van der Waals surface area (Å²) in [5.74, 6) is -0.531. The molecule has 0 saturated heterocycles. The van der Waals surface area contributed by atoms with Gasteiger partial charge in [0.2, 0.25) is 0 Å². The van der Waals surface area contributed by atoms with E-state index >= 15 is 0 Å². The summed E-state index contributed by atoms with van der Waals surface area (Å²) in [5.41, 5.74) is 3.70. The predicted molar refractivity (Wildman–Crippen MR) is 118 cm³/mol. The normalized spacial score (nSPS) is 11.4. The molecule has 0 saturated carbocycles. The Balaban J connectivity index is 1.73. The van der Waals surface area contributed by atoms with Crippen molar-refractivity contribution < 1.29 is 13.2 Å².